The number of hydrogen-bond donors (Lipinski definition) is 1. The molecular weight excluding hydrogens is 368 g/mol. The van der Waals surface area contributed by atoms with Crippen LogP contribution in [-0.2, 0) is 10.2 Å². The van der Waals surface area contributed by atoms with Gasteiger partial charge in [-0.05, 0) is 74.9 Å². The third kappa shape index (κ3) is 1.62. The smallest absolute Gasteiger partial charge is 0.229 e. The number of carbonyl (C=O) groups excluding carboxylic acids is 1. The van der Waals surface area contributed by atoms with Gasteiger partial charge in [-0.1, -0.05) is 30.3 Å². The minimum Gasteiger partial charge on any atom is -0.342 e. The van der Waals surface area contributed by atoms with E-state index < -0.39 is 0 Å². The van der Waals surface area contributed by atoms with Crippen LogP contribution in [0.4, 0.5) is 0 Å². The molecule has 5 atom stereocenters. The SMILES string of the molecule is CN(C(=O)C12CC3C[C@]4(CCCl)C[C@@](c5ccccc5)(C1)C324)C1CCNCC1. The van der Waals surface area contributed by atoms with Crippen LogP contribution >= 0.6 is 11.6 Å². The minimum absolute atomic E-state index is 0.101. The van der Waals surface area contributed by atoms with Crippen LogP contribution in [-0.4, -0.2) is 42.9 Å². The van der Waals surface area contributed by atoms with E-state index in [1.807, 2.05) is 0 Å². The number of nitrogens with one attached hydrogen (secondary N) is 1. The van der Waals surface area contributed by atoms with E-state index in [1.165, 1.54) is 18.4 Å². The maximum atomic E-state index is 14.0. The van der Waals surface area contributed by atoms with Crippen LogP contribution in [0.1, 0.15) is 50.5 Å². The molecule has 1 aromatic carbocycles. The summed E-state index contributed by atoms with van der Waals surface area (Å²) in [4.78, 5) is 16.1. The molecule has 4 heteroatoms. The van der Waals surface area contributed by atoms with Crippen molar-refractivity contribution in [1.82, 2.24) is 10.2 Å². The molecule has 5 fully saturated rings. The predicted octanol–water partition coefficient (Wildman–Crippen LogP) is 3.95. The Morgan fingerprint density at radius 3 is 2.61 bits per heavy atom. The van der Waals surface area contributed by atoms with E-state index in [0.717, 1.165) is 57.0 Å². The van der Waals surface area contributed by atoms with Gasteiger partial charge in [0.05, 0.1) is 5.41 Å². The van der Waals surface area contributed by atoms with Crippen LogP contribution in [0, 0.1) is 22.2 Å². The molecule has 1 aromatic rings. The van der Waals surface area contributed by atoms with Crippen molar-refractivity contribution in [3.63, 3.8) is 0 Å². The summed E-state index contributed by atoms with van der Waals surface area (Å²) in [6, 6.07) is 11.5. The standard InChI is InChI=1S/C24H31ClN2O/c1-27(19-7-11-26-12-8-19)20(28)22-14-18-13-21(9-10-25)15-23(16-22,24(18,21)22)17-5-3-2-4-6-17/h2-6,18-19,26H,7-16H2,1H3/t18?,21-,22?,23+,24?/m1/s1. The van der Waals surface area contributed by atoms with Gasteiger partial charge in [0.2, 0.25) is 5.91 Å². The summed E-state index contributed by atoms with van der Waals surface area (Å²) >= 11 is 6.29. The Kier molecular flexibility index (Phi) is 3.52. The van der Waals surface area contributed by atoms with Gasteiger partial charge in [-0.2, -0.15) is 0 Å². The number of alkyl halides is 1. The van der Waals surface area contributed by atoms with Crippen molar-refractivity contribution in [2.45, 2.75) is 56.4 Å². The second-order valence-electron chi connectivity index (χ2n) is 10.4. The van der Waals surface area contributed by atoms with Gasteiger partial charge in [0.25, 0.3) is 0 Å². The number of carbonyl (C=O) groups is 1. The van der Waals surface area contributed by atoms with Crippen molar-refractivity contribution in [3.8, 4) is 0 Å². The maximum absolute atomic E-state index is 14.0. The molecule has 28 heavy (non-hydrogen) atoms. The summed E-state index contributed by atoms with van der Waals surface area (Å²) < 4.78 is 0. The van der Waals surface area contributed by atoms with E-state index in [4.69, 9.17) is 11.6 Å². The van der Waals surface area contributed by atoms with Crippen molar-refractivity contribution in [2.24, 2.45) is 22.2 Å². The Labute approximate surface area is 173 Å². The zero-order chi connectivity index (χ0) is 19.2. The Morgan fingerprint density at radius 1 is 1.18 bits per heavy atom. The fourth-order valence-corrected chi connectivity index (χ4v) is 9.81. The Bertz CT molecular complexity index is 819. The monoisotopic (exact) mass is 398 g/mol. The lowest BCUT2D eigenvalue weighted by Crippen LogP contribution is -2.98. The van der Waals surface area contributed by atoms with Crippen molar-refractivity contribution < 1.29 is 4.79 Å². The fourth-order valence-electron chi connectivity index (χ4n) is 9.45. The van der Waals surface area contributed by atoms with Crippen LogP contribution in [0.3, 0.4) is 0 Å². The van der Waals surface area contributed by atoms with Gasteiger partial charge in [-0.15, -0.1) is 11.6 Å². The topological polar surface area (TPSA) is 32.3 Å². The summed E-state index contributed by atoms with van der Waals surface area (Å²) in [7, 11) is 2.08. The number of amides is 1. The van der Waals surface area contributed by atoms with Gasteiger partial charge in [0, 0.05) is 29.8 Å². The summed E-state index contributed by atoms with van der Waals surface area (Å²) in [5, 5.41) is 3.44. The van der Waals surface area contributed by atoms with Crippen molar-refractivity contribution in [1.29, 1.82) is 0 Å². The molecule has 6 rings (SSSR count). The van der Waals surface area contributed by atoms with E-state index in [0.29, 0.717) is 17.4 Å². The quantitative estimate of drug-likeness (QED) is 0.761. The largest absolute Gasteiger partial charge is 0.342 e. The first kappa shape index (κ1) is 17.8. The molecule has 150 valence electrons. The van der Waals surface area contributed by atoms with Crippen molar-refractivity contribution in [2.75, 3.05) is 26.0 Å². The molecule has 1 N–H and O–H groups in total. The molecule has 1 amide bonds. The molecule has 4 aliphatic carbocycles. The first-order chi connectivity index (χ1) is 13.6. The first-order valence-corrected chi connectivity index (χ1v) is 11.7. The Hall–Kier alpha value is -1.06. The third-order valence-electron chi connectivity index (χ3n) is 9.92. The highest BCUT2D eigenvalue weighted by atomic mass is 35.5. The zero-order valence-electron chi connectivity index (χ0n) is 16.8. The molecular formula is C24H31ClN2O. The number of benzene rings is 1. The molecule has 1 saturated heterocycles. The molecule has 0 radical (unpaired) electrons. The lowest BCUT2D eigenvalue weighted by Gasteiger charge is -2.99. The number of hydrogen-bond acceptors (Lipinski definition) is 2. The van der Waals surface area contributed by atoms with Gasteiger partial charge in [0.1, 0.15) is 0 Å². The highest BCUT2D eigenvalue weighted by Crippen LogP contribution is 3.02. The zero-order valence-corrected chi connectivity index (χ0v) is 17.6. The first-order valence-electron chi connectivity index (χ1n) is 11.2. The van der Waals surface area contributed by atoms with Gasteiger partial charge in [-0.25, -0.2) is 0 Å². The van der Waals surface area contributed by atoms with E-state index >= 15 is 0 Å². The third-order valence-corrected chi connectivity index (χ3v) is 10.1. The van der Waals surface area contributed by atoms with E-state index in [1.54, 1.807) is 0 Å². The van der Waals surface area contributed by atoms with Crippen LogP contribution in [0.5, 0.6) is 0 Å². The summed E-state index contributed by atoms with van der Waals surface area (Å²) in [5.41, 5.74) is 2.16. The van der Waals surface area contributed by atoms with Crippen LogP contribution < -0.4 is 5.32 Å². The number of piperidine rings is 1. The number of halogens is 1. The lowest BCUT2D eigenvalue weighted by atomic mass is 9.03. The van der Waals surface area contributed by atoms with Gasteiger partial charge >= 0.3 is 0 Å². The molecule has 3 nitrogen and oxygen atoms in total. The van der Waals surface area contributed by atoms with E-state index in [-0.39, 0.29) is 16.2 Å². The molecule has 3 unspecified atom stereocenters. The van der Waals surface area contributed by atoms with Gasteiger partial charge in [-0.3, -0.25) is 4.79 Å². The average Bonchev–Trinajstić information content (AvgIpc) is 2.68. The molecule has 5 aliphatic rings. The molecule has 4 saturated carbocycles. The maximum Gasteiger partial charge on any atom is 0.229 e. The Morgan fingerprint density at radius 2 is 1.93 bits per heavy atom. The average molecular weight is 399 g/mol. The van der Waals surface area contributed by atoms with Gasteiger partial charge in [0.15, 0.2) is 0 Å². The van der Waals surface area contributed by atoms with Crippen molar-refractivity contribution >= 4 is 17.5 Å². The van der Waals surface area contributed by atoms with Gasteiger partial charge < -0.3 is 10.2 Å². The number of rotatable bonds is 5. The predicted molar refractivity (Wildman–Crippen MR) is 111 cm³/mol. The van der Waals surface area contributed by atoms with Crippen molar-refractivity contribution in [3.05, 3.63) is 35.9 Å². The molecule has 0 aromatic heterocycles. The lowest BCUT2D eigenvalue weighted by molar-refractivity contribution is -0.479. The molecule has 1 aliphatic heterocycles. The minimum atomic E-state index is -0.101. The van der Waals surface area contributed by atoms with Crippen LogP contribution in [0.25, 0.3) is 0 Å². The van der Waals surface area contributed by atoms with Crippen LogP contribution in [0.15, 0.2) is 30.3 Å². The molecule has 1 heterocycles. The summed E-state index contributed by atoms with van der Waals surface area (Å²) in [6.07, 6.45) is 8.01. The fraction of sp³-hybridized carbons (Fsp3) is 0.708. The highest BCUT2D eigenvalue weighted by molar-refractivity contribution is 6.17. The Balaban J connectivity index is 1.37. The second kappa shape index (κ2) is 5.55. The molecule has 1 spiro atoms. The van der Waals surface area contributed by atoms with E-state index in [2.05, 4.69) is 47.6 Å². The normalized spacial score (nSPS) is 45.4. The van der Waals surface area contributed by atoms with Crippen LogP contribution in [0.2, 0.25) is 0 Å². The highest BCUT2D eigenvalue weighted by Gasteiger charge is 3.00. The summed E-state index contributed by atoms with van der Waals surface area (Å²) in [6.45, 7) is 2.07. The summed E-state index contributed by atoms with van der Waals surface area (Å²) in [5.74, 6) is 1.93. The second-order valence-corrected chi connectivity index (χ2v) is 10.8. The number of nitrogens with zero attached hydrogens (tertiary/aromatic N) is 1. The van der Waals surface area contributed by atoms with E-state index in [9.17, 15) is 4.79 Å². The molecule has 0 bridgehead atoms.